The fourth-order valence-corrected chi connectivity index (χ4v) is 4.42. The highest BCUT2D eigenvalue weighted by atomic mass is 15.2. The van der Waals surface area contributed by atoms with Gasteiger partial charge in [-0.05, 0) is 56.5 Å². The predicted molar refractivity (Wildman–Crippen MR) is 72.1 cm³/mol. The van der Waals surface area contributed by atoms with Crippen LogP contribution < -0.4 is 5.32 Å². The molecule has 0 aromatic carbocycles. The van der Waals surface area contributed by atoms with E-state index in [-0.39, 0.29) is 0 Å². The molecule has 3 atom stereocenters. The number of rotatable bonds is 2. The van der Waals surface area contributed by atoms with E-state index in [1.165, 1.54) is 71.1 Å². The van der Waals surface area contributed by atoms with Crippen LogP contribution in [0.2, 0.25) is 0 Å². The number of hydrogen-bond donors (Lipinski definition) is 1. The van der Waals surface area contributed by atoms with Gasteiger partial charge in [-0.1, -0.05) is 19.8 Å². The lowest BCUT2D eigenvalue weighted by Crippen LogP contribution is -2.50. The van der Waals surface area contributed by atoms with Gasteiger partial charge in [0.1, 0.15) is 0 Å². The van der Waals surface area contributed by atoms with Gasteiger partial charge < -0.3 is 5.32 Å². The molecule has 0 bridgehead atoms. The van der Waals surface area contributed by atoms with E-state index < -0.39 is 0 Å². The summed E-state index contributed by atoms with van der Waals surface area (Å²) in [6.45, 7) is 7.68. The second kappa shape index (κ2) is 4.89. The first kappa shape index (κ1) is 12.0. The smallest absolute Gasteiger partial charge is 0.0124 e. The number of hydrogen-bond acceptors (Lipinski definition) is 2. The SMILES string of the molecule is CC1(CN2CCCC3CCCCC32)CCNC1. The predicted octanol–water partition coefficient (Wildman–Crippen LogP) is 2.64. The van der Waals surface area contributed by atoms with Crippen molar-refractivity contribution in [2.24, 2.45) is 11.3 Å². The van der Waals surface area contributed by atoms with Gasteiger partial charge in [-0.2, -0.15) is 0 Å². The van der Waals surface area contributed by atoms with Gasteiger partial charge >= 0.3 is 0 Å². The first-order valence-electron chi connectivity index (χ1n) is 7.72. The van der Waals surface area contributed by atoms with Crippen LogP contribution in [-0.2, 0) is 0 Å². The topological polar surface area (TPSA) is 15.3 Å². The molecule has 3 unspecified atom stereocenters. The second-order valence-electron chi connectivity index (χ2n) is 6.96. The molecular formula is C15H28N2. The second-order valence-corrected chi connectivity index (χ2v) is 6.96. The maximum atomic E-state index is 3.55. The molecule has 2 nitrogen and oxygen atoms in total. The summed E-state index contributed by atoms with van der Waals surface area (Å²) >= 11 is 0. The molecule has 0 amide bonds. The van der Waals surface area contributed by atoms with E-state index >= 15 is 0 Å². The molecule has 1 saturated carbocycles. The fourth-order valence-electron chi connectivity index (χ4n) is 4.42. The van der Waals surface area contributed by atoms with E-state index in [4.69, 9.17) is 0 Å². The van der Waals surface area contributed by atoms with E-state index in [1.54, 1.807) is 0 Å². The number of likely N-dealkylation sites (tertiary alicyclic amines) is 1. The molecule has 1 N–H and O–H groups in total. The minimum atomic E-state index is 0.555. The largest absolute Gasteiger partial charge is 0.316 e. The Bertz CT molecular complexity index is 256. The summed E-state index contributed by atoms with van der Waals surface area (Å²) in [7, 11) is 0. The number of fused-ring (bicyclic) bond motifs is 1. The lowest BCUT2D eigenvalue weighted by molar-refractivity contribution is 0.0323. The minimum absolute atomic E-state index is 0.555. The molecule has 3 rings (SSSR count). The van der Waals surface area contributed by atoms with Gasteiger partial charge in [0, 0.05) is 19.1 Å². The molecule has 1 aliphatic carbocycles. The minimum Gasteiger partial charge on any atom is -0.316 e. The van der Waals surface area contributed by atoms with Crippen LogP contribution in [0.1, 0.15) is 51.9 Å². The van der Waals surface area contributed by atoms with E-state index in [0.29, 0.717) is 5.41 Å². The summed E-state index contributed by atoms with van der Waals surface area (Å²) in [5.74, 6) is 1.04. The fraction of sp³-hybridized carbons (Fsp3) is 1.00. The zero-order valence-electron chi connectivity index (χ0n) is 11.4. The Morgan fingerprint density at radius 2 is 2.00 bits per heavy atom. The molecule has 2 aliphatic heterocycles. The molecule has 98 valence electrons. The van der Waals surface area contributed by atoms with Crippen LogP contribution in [0.5, 0.6) is 0 Å². The number of nitrogens with zero attached hydrogens (tertiary/aromatic N) is 1. The van der Waals surface area contributed by atoms with Crippen molar-refractivity contribution >= 4 is 0 Å². The van der Waals surface area contributed by atoms with Gasteiger partial charge in [0.2, 0.25) is 0 Å². The summed E-state index contributed by atoms with van der Waals surface area (Å²) in [5, 5.41) is 3.55. The quantitative estimate of drug-likeness (QED) is 0.793. The Morgan fingerprint density at radius 3 is 2.82 bits per heavy atom. The standard InChI is InChI=1S/C15H28N2/c1-15(8-9-16-11-15)12-17-10-4-6-13-5-2-3-7-14(13)17/h13-14,16H,2-12H2,1H3. The monoisotopic (exact) mass is 236 g/mol. The molecular weight excluding hydrogens is 208 g/mol. The van der Waals surface area contributed by atoms with Gasteiger partial charge in [-0.3, -0.25) is 4.90 Å². The maximum Gasteiger partial charge on any atom is 0.0124 e. The first-order chi connectivity index (χ1) is 8.27. The number of nitrogens with one attached hydrogen (secondary N) is 1. The molecule has 0 radical (unpaired) electrons. The molecule has 0 aromatic rings. The van der Waals surface area contributed by atoms with Crippen molar-refractivity contribution in [3.63, 3.8) is 0 Å². The highest BCUT2D eigenvalue weighted by Gasteiger charge is 2.38. The van der Waals surface area contributed by atoms with Gasteiger partial charge in [0.15, 0.2) is 0 Å². The van der Waals surface area contributed by atoms with Crippen molar-refractivity contribution in [2.75, 3.05) is 26.2 Å². The Morgan fingerprint density at radius 1 is 1.18 bits per heavy atom. The molecule has 3 fully saturated rings. The van der Waals surface area contributed by atoms with Crippen LogP contribution in [0.25, 0.3) is 0 Å². The average molecular weight is 236 g/mol. The van der Waals surface area contributed by atoms with Gasteiger partial charge in [-0.15, -0.1) is 0 Å². The van der Waals surface area contributed by atoms with E-state index in [2.05, 4.69) is 17.1 Å². The summed E-state index contributed by atoms with van der Waals surface area (Å²) < 4.78 is 0. The summed E-state index contributed by atoms with van der Waals surface area (Å²) in [5.41, 5.74) is 0.555. The number of piperidine rings is 1. The van der Waals surface area contributed by atoms with Crippen LogP contribution in [0.15, 0.2) is 0 Å². The molecule has 0 spiro atoms. The Balaban J connectivity index is 1.64. The molecule has 2 saturated heterocycles. The van der Waals surface area contributed by atoms with Crippen LogP contribution in [0.4, 0.5) is 0 Å². The van der Waals surface area contributed by atoms with E-state index in [9.17, 15) is 0 Å². The first-order valence-corrected chi connectivity index (χ1v) is 7.72. The third kappa shape index (κ3) is 2.53. The highest BCUT2D eigenvalue weighted by molar-refractivity contribution is 4.93. The van der Waals surface area contributed by atoms with E-state index in [0.717, 1.165) is 12.0 Å². The van der Waals surface area contributed by atoms with Crippen LogP contribution >= 0.6 is 0 Å². The zero-order valence-corrected chi connectivity index (χ0v) is 11.4. The van der Waals surface area contributed by atoms with E-state index in [1.807, 2.05) is 0 Å². The van der Waals surface area contributed by atoms with Gasteiger partial charge in [-0.25, -0.2) is 0 Å². The normalized spacial score (nSPS) is 43.6. The van der Waals surface area contributed by atoms with Gasteiger partial charge in [0.05, 0.1) is 0 Å². The molecule has 0 aromatic heterocycles. The Kier molecular flexibility index (Phi) is 3.45. The van der Waals surface area contributed by atoms with Crippen molar-refractivity contribution in [1.82, 2.24) is 10.2 Å². The molecule has 17 heavy (non-hydrogen) atoms. The summed E-state index contributed by atoms with van der Waals surface area (Å²) in [6, 6.07) is 0.940. The van der Waals surface area contributed by atoms with Crippen LogP contribution in [0.3, 0.4) is 0 Å². The zero-order chi connectivity index (χ0) is 11.7. The molecule has 2 heteroatoms. The lowest BCUT2D eigenvalue weighted by atomic mass is 9.77. The average Bonchev–Trinajstić information content (AvgIpc) is 2.76. The van der Waals surface area contributed by atoms with Crippen molar-refractivity contribution in [2.45, 2.75) is 57.9 Å². The lowest BCUT2D eigenvalue weighted by Gasteiger charge is -2.46. The van der Waals surface area contributed by atoms with Crippen molar-refractivity contribution in [3.05, 3.63) is 0 Å². The third-order valence-corrected chi connectivity index (χ3v) is 5.40. The Hall–Kier alpha value is -0.0800. The summed E-state index contributed by atoms with van der Waals surface area (Å²) in [4.78, 5) is 2.86. The maximum absolute atomic E-state index is 3.55. The van der Waals surface area contributed by atoms with Crippen molar-refractivity contribution < 1.29 is 0 Å². The molecule has 2 heterocycles. The van der Waals surface area contributed by atoms with Crippen molar-refractivity contribution in [1.29, 1.82) is 0 Å². The van der Waals surface area contributed by atoms with Crippen LogP contribution in [0, 0.1) is 11.3 Å². The van der Waals surface area contributed by atoms with Gasteiger partial charge in [0.25, 0.3) is 0 Å². The summed E-state index contributed by atoms with van der Waals surface area (Å²) in [6.07, 6.45) is 10.3. The third-order valence-electron chi connectivity index (χ3n) is 5.40. The van der Waals surface area contributed by atoms with Crippen molar-refractivity contribution in [3.8, 4) is 0 Å². The highest BCUT2D eigenvalue weighted by Crippen LogP contribution is 2.37. The molecule has 3 aliphatic rings. The Labute approximate surface area is 106 Å². The van der Waals surface area contributed by atoms with Crippen LogP contribution in [-0.4, -0.2) is 37.1 Å².